The maximum atomic E-state index is 13.6. The van der Waals surface area contributed by atoms with Crippen molar-refractivity contribution in [1.29, 1.82) is 0 Å². The van der Waals surface area contributed by atoms with E-state index in [2.05, 4.69) is 61.8 Å². The molecule has 4 aromatic rings. The first-order valence-corrected chi connectivity index (χ1v) is 16.6. The molecule has 0 heterocycles. The van der Waals surface area contributed by atoms with Crippen LogP contribution in [0.4, 0.5) is 4.39 Å². The van der Waals surface area contributed by atoms with Crippen LogP contribution in [0.5, 0.6) is 23.0 Å². The molecule has 0 aliphatic heterocycles. The molecule has 8 nitrogen and oxygen atoms in total. The summed E-state index contributed by atoms with van der Waals surface area (Å²) in [4.78, 5) is 48.3. The Morgan fingerprint density at radius 3 is 1.55 bits per heavy atom. The standard InChI is InChI=1S/C46H33FO8/c1-6-42(48)52-37-24-18-34(19-25-37)16-13-32-11-14-33(15-12-32)22-28-39-40(10-9-29-47)45(55-44(50)8-3)36(30-41(39)54-43(49)7-2)23-17-35-20-26-38(27-21-35)53-46(51)31(4)5/h6-8,11-12,14-15,18-21,24-27,30H,1-4,9-10,29H2,5H3. The molecule has 0 amide bonds. The Balaban J connectivity index is 1.74. The molecule has 0 fully saturated rings. The second kappa shape index (κ2) is 19.8. The molecule has 0 unspecified atom stereocenters. The lowest BCUT2D eigenvalue weighted by Crippen LogP contribution is -2.12. The smallest absolute Gasteiger partial charge is 0.338 e. The van der Waals surface area contributed by atoms with Crippen LogP contribution in [0.2, 0.25) is 0 Å². The molecule has 0 aliphatic rings. The van der Waals surface area contributed by atoms with Crippen molar-refractivity contribution in [2.24, 2.45) is 0 Å². The van der Waals surface area contributed by atoms with Crippen LogP contribution >= 0.6 is 0 Å². The molecule has 4 rings (SSSR count). The zero-order valence-corrected chi connectivity index (χ0v) is 29.8. The summed E-state index contributed by atoms with van der Waals surface area (Å²) in [6, 6.07) is 21.5. The summed E-state index contributed by atoms with van der Waals surface area (Å²) in [5, 5.41) is 0. The molecule has 0 spiro atoms. The second-order valence-corrected chi connectivity index (χ2v) is 11.3. The van der Waals surface area contributed by atoms with Crippen molar-refractivity contribution in [2.75, 3.05) is 6.67 Å². The fourth-order valence-corrected chi connectivity index (χ4v) is 4.52. The summed E-state index contributed by atoms with van der Waals surface area (Å²) < 4.78 is 35.2. The number of ether oxygens (including phenoxy) is 4. The number of carbonyl (C=O) groups excluding carboxylic acids is 4. The summed E-state index contributed by atoms with van der Waals surface area (Å²) in [6.07, 6.45) is 3.09. The Morgan fingerprint density at radius 2 is 1.05 bits per heavy atom. The van der Waals surface area contributed by atoms with Crippen molar-refractivity contribution in [3.63, 3.8) is 0 Å². The number of alkyl halides is 1. The van der Waals surface area contributed by atoms with Gasteiger partial charge in [0, 0.05) is 57.7 Å². The summed E-state index contributed by atoms with van der Waals surface area (Å²) in [6.45, 7) is 14.7. The van der Waals surface area contributed by atoms with E-state index in [1.165, 1.54) is 13.0 Å². The van der Waals surface area contributed by atoms with Gasteiger partial charge in [-0.05, 0) is 92.6 Å². The van der Waals surface area contributed by atoms with Crippen LogP contribution in [0.15, 0.2) is 129 Å². The molecule has 0 saturated heterocycles. The van der Waals surface area contributed by atoms with Crippen molar-refractivity contribution < 1.29 is 42.5 Å². The van der Waals surface area contributed by atoms with Gasteiger partial charge in [0.15, 0.2) is 5.75 Å². The number of rotatable bonds is 11. The Bertz CT molecular complexity index is 2350. The van der Waals surface area contributed by atoms with E-state index in [9.17, 15) is 23.6 Å². The quantitative estimate of drug-likeness (QED) is 0.0675. The third-order valence-corrected chi connectivity index (χ3v) is 7.21. The summed E-state index contributed by atoms with van der Waals surface area (Å²) in [7, 11) is 0. The van der Waals surface area contributed by atoms with Gasteiger partial charge < -0.3 is 18.9 Å². The molecule has 4 aromatic carbocycles. The van der Waals surface area contributed by atoms with Crippen LogP contribution in [0, 0.1) is 35.5 Å². The lowest BCUT2D eigenvalue weighted by atomic mass is 9.96. The first-order valence-electron chi connectivity index (χ1n) is 16.6. The van der Waals surface area contributed by atoms with Gasteiger partial charge in [-0.1, -0.05) is 61.8 Å². The molecule has 0 aromatic heterocycles. The van der Waals surface area contributed by atoms with Crippen LogP contribution in [-0.2, 0) is 25.6 Å². The van der Waals surface area contributed by atoms with Crippen LogP contribution in [-0.4, -0.2) is 30.6 Å². The van der Waals surface area contributed by atoms with E-state index >= 15 is 0 Å². The van der Waals surface area contributed by atoms with Crippen molar-refractivity contribution in [1.82, 2.24) is 0 Å². The molecule has 9 heteroatoms. The molecule has 0 atom stereocenters. The Labute approximate surface area is 318 Å². The Morgan fingerprint density at radius 1 is 0.618 bits per heavy atom. The average Bonchev–Trinajstić information content (AvgIpc) is 3.19. The SMILES string of the molecule is C=CC(=O)Oc1ccc(C#Cc2ccc(C#Cc3c(OC(=O)C=C)cc(C#Cc4ccc(OC(=O)C(=C)C)cc4)c(OC(=O)C=C)c3CCCF)cc2)cc1. The fourth-order valence-electron chi connectivity index (χ4n) is 4.52. The molecule has 0 radical (unpaired) electrons. The molecule has 55 heavy (non-hydrogen) atoms. The second-order valence-electron chi connectivity index (χ2n) is 11.3. The minimum absolute atomic E-state index is 0.00178. The van der Waals surface area contributed by atoms with Gasteiger partial charge in [0.2, 0.25) is 0 Å². The predicted octanol–water partition coefficient (Wildman–Crippen LogP) is 7.54. The zero-order chi connectivity index (χ0) is 39.7. The van der Waals surface area contributed by atoms with E-state index < -0.39 is 30.6 Å². The Kier molecular flexibility index (Phi) is 14.4. The van der Waals surface area contributed by atoms with E-state index in [1.54, 1.807) is 72.8 Å². The molecule has 0 aliphatic carbocycles. The summed E-state index contributed by atoms with van der Waals surface area (Å²) in [5.74, 6) is 16.0. The monoisotopic (exact) mass is 732 g/mol. The number of hydrogen-bond donors (Lipinski definition) is 0. The number of hydrogen-bond acceptors (Lipinski definition) is 8. The van der Waals surface area contributed by atoms with Crippen LogP contribution in [0.1, 0.15) is 52.3 Å². The molecule has 0 saturated carbocycles. The lowest BCUT2D eigenvalue weighted by molar-refractivity contribution is -0.130. The fraction of sp³-hybridized carbons (Fsp3) is 0.0870. The van der Waals surface area contributed by atoms with E-state index in [1.807, 2.05) is 0 Å². The molecule has 0 bridgehead atoms. The molecular formula is C46H33FO8. The predicted molar refractivity (Wildman–Crippen MR) is 206 cm³/mol. The van der Waals surface area contributed by atoms with Gasteiger partial charge in [-0.2, -0.15) is 0 Å². The maximum absolute atomic E-state index is 13.6. The average molecular weight is 733 g/mol. The van der Waals surface area contributed by atoms with Crippen LogP contribution < -0.4 is 18.9 Å². The minimum atomic E-state index is -0.799. The van der Waals surface area contributed by atoms with E-state index in [4.69, 9.17) is 18.9 Å². The summed E-state index contributed by atoms with van der Waals surface area (Å²) in [5.41, 5.74) is 3.32. The van der Waals surface area contributed by atoms with Gasteiger partial charge in [0.25, 0.3) is 0 Å². The lowest BCUT2D eigenvalue weighted by Gasteiger charge is -2.16. The first kappa shape index (κ1) is 40.1. The van der Waals surface area contributed by atoms with Gasteiger partial charge in [-0.3, -0.25) is 4.39 Å². The number of esters is 4. The van der Waals surface area contributed by atoms with E-state index in [0.717, 1.165) is 18.2 Å². The van der Waals surface area contributed by atoms with E-state index in [0.29, 0.717) is 28.0 Å². The highest BCUT2D eigenvalue weighted by Gasteiger charge is 2.22. The van der Waals surface area contributed by atoms with Crippen molar-refractivity contribution in [3.05, 3.63) is 168 Å². The largest absolute Gasteiger partial charge is 0.423 e. The van der Waals surface area contributed by atoms with Gasteiger partial charge in [-0.25, -0.2) is 19.2 Å². The molecule has 272 valence electrons. The molecular weight excluding hydrogens is 699 g/mol. The van der Waals surface area contributed by atoms with Gasteiger partial charge in [0.05, 0.1) is 17.8 Å². The maximum Gasteiger partial charge on any atom is 0.338 e. The Hall–Kier alpha value is -7.67. The topological polar surface area (TPSA) is 105 Å². The summed E-state index contributed by atoms with van der Waals surface area (Å²) >= 11 is 0. The minimum Gasteiger partial charge on any atom is -0.423 e. The van der Waals surface area contributed by atoms with Crippen molar-refractivity contribution in [3.8, 4) is 58.5 Å². The van der Waals surface area contributed by atoms with Crippen molar-refractivity contribution >= 4 is 23.9 Å². The highest BCUT2D eigenvalue weighted by molar-refractivity contribution is 5.89. The number of benzene rings is 4. The van der Waals surface area contributed by atoms with Gasteiger partial charge >= 0.3 is 23.9 Å². The zero-order valence-electron chi connectivity index (χ0n) is 29.8. The van der Waals surface area contributed by atoms with Gasteiger partial charge in [0.1, 0.15) is 17.2 Å². The number of carbonyl (C=O) groups is 4. The highest BCUT2D eigenvalue weighted by Crippen LogP contribution is 2.36. The third-order valence-electron chi connectivity index (χ3n) is 7.21. The normalized spacial score (nSPS) is 9.64. The van der Waals surface area contributed by atoms with E-state index in [-0.39, 0.29) is 52.4 Å². The third kappa shape index (κ3) is 11.9. The van der Waals surface area contributed by atoms with Crippen LogP contribution in [0.25, 0.3) is 0 Å². The van der Waals surface area contributed by atoms with Crippen LogP contribution in [0.3, 0.4) is 0 Å². The highest BCUT2D eigenvalue weighted by atomic mass is 19.1. The van der Waals surface area contributed by atoms with Crippen molar-refractivity contribution in [2.45, 2.75) is 19.8 Å². The first-order chi connectivity index (χ1) is 26.5. The molecule has 0 N–H and O–H groups in total. The number of halogens is 1. The van der Waals surface area contributed by atoms with Gasteiger partial charge in [-0.15, -0.1) is 0 Å².